The molecule has 1 unspecified atom stereocenters. The molecule has 1 aliphatic carbocycles. The van der Waals surface area contributed by atoms with E-state index in [9.17, 15) is 27.6 Å². The van der Waals surface area contributed by atoms with E-state index in [4.69, 9.17) is 16.0 Å². The Labute approximate surface area is 227 Å². The van der Waals surface area contributed by atoms with Gasteiger partial charge in [0, 0.05) is 11.9 Å². The van der Waals surface area contributed by atoms with Crippen LogP contribution in [0.25, 0.3) is 11.0 Å². The number of halogens is 4. The van der Waals surface area contributed by atoms with Gasteiger partial charge in [-0.25, -0.2) is 0 Å². The summed E-state index contributed by atoms with van der Waals surface area (Å²) >= 11 is 6.11. The van der Waals surface area contributed by atoms with Crippen molar-refractivity contribution < 1.29 is 32.0 Å². The molecular formula is C28H27ClF3N3O4. The highest BCUT2D eigenvalue weighted by Crippen LogP contribution is 2.36. The number of anilines is 1. The quantitative estimate of drug-likeness (QED) is 0.429. The minimum atomic E-state index is -4.52. The molecule has 3 aromatic rings. The zero-order valence-corrected chi connectivity index (χ0v) is 21.7. The number of alkyl halides is 3. The Morgan fingerprint density at radius 1 is 1.05 bits per heavy atom. The summed E-state index contributed by atoms with van der Waals surface area (Å²) in [7, 11) is 0. The monoisotopic (exact) mass is 561 g/mol. The molecule has 11 heteroatoms. The van der Waals surface area contributed by atoms with Crippen LogP contribution in [0.2, 0.25) is 5.02 Å². The fourth-order valence-corrected chi connectivity index (χ4v) is 5.65. The van der Waals surface area contributed by atoms with Crippen LogP contribution in [-0.4, -0.2) is 42.3 Å². The molecule has 0 bridgehead atoms. The summed E-state index contributed by atoms with van der Waals surface area (Å²) in [5.74, 6) is -1.11. The summed E-state index contributed by atoms with van der Waals surface area (Å²) in [6.07, 6.45) is -1.00. The maximum Gasteiger partial charge on any atom is 0.416 e. The average molecular weight is 562 g/mol. The minimum absolute atomic E-state index is 0.102. The number of ketones is 1. The number of carbonyl (C=O) groups is 3. The third-order valence-corrected chi connectivity index (χ3v) is 7.79. The predicted molar refractivity (Wildman–Crippen MR) is 140 cm³/mol. The second-order valence-electron chi connectivity index (χ2n) is 10.1. The van der Waals surface area contributed by atoms with Crippen molar-refractivity contribution in [1.82, 2.24) is 10.6 Å². The number of rotatable bonds is 5. The van der Waals surface area contributed by atoms with Crippen molar-refractivity contribution in [3.05, 3.63) is 64.9 Å². The molecule has 2 aromatic carbocycles. The van der Waals surface area contributed by atoms with Gasteiger partial charge in [0.1, 0.15) is 11.1 Å². The number of carbonyl (C=O) groups excluding carboxylic acids is 3. The zero-order chi connectivity index (χ0) is 27.8. The second kappa shape index (κ2) is 10.6. The van der Waals surface area contributed by atoms with Gasteiger partial charge in [0.05, 0.1) is 28.9 Å². The highest BCUT2D eigenvalue weighted by Gasteiger charge is 2.43. The summed E-state index contributed by atoms with van der Waals surface area (Å²) in [6.45, 7) is 0.189. The fourth-order valence-electron chi connectivity index (χ4n) is 5.35. The zero-order valence-electron chi connectivity index (χ0n) is 20.9. The van der Waals surface area contributed by atoms with Crippen LogP contribution in [0.4, 0.5) is 18.9 Å². The molecule has 0 radical (unpaired) electrons. The van der Waals surface area contributed by atoms with Crippen LogP contribution >= 0.6 is 11.6 Å². The van der Waals surface area contributed by atoms with Crippen LogP contribution in [0.5, 0.6) is 0 Å². The van der Waals surface area contributed by atoms with E-state index in [1.165, 1.54) is 6.07 Å². The van der Waals surface area contributed by atoms with Gasteiger partial charge >= 0.3 is 6.18 Å². The number of nitrogens with zero attached hydrogens (tertiary/aromatic N) is 1. The standard InChI is InChI=1S/C28H27ClF3N3O4/c29-19-15-18(28(30,31)32)8-9-21(19)35-13-10-20(22(36)16-35)33-26(38)27(11-4-1-5-12-27)34-25(37)24-14-17-6-2-3-7-23(17)39-24/h2-3,6-9,14-15,20H,1,4-5,10-13,16H2,(H,33,38)(H,34,37). The predicted octanol–water partition coefficient (Wildman–Crippen LogP) is 5.50. The first-order chi connectivity index (χ1) is 18.6. The van der Waals surface area contributed by atoms with Gasteiger partial charge in [-0.1, -0.05) is 49.1 Å². The van der Waals surface area contributed by atoms with Gasteiger partial charge < -0.3 is 20.0 Å². The molecule has 2 amide bonds. The number of furan rings is 1. The van der Waals surface area contributed by atoms with Crippen LogP contribution in [-0.2, 0) is 15.8 Å². The van der Waals surface area contributed by atoms with Gasteiger partial charge in [-0.05, 0) is 49.6 Å². The molecule has 1 aliphatic heterocycles. The third kappa shape index (κ3) is 5.61. The van der Waals surface area contributed by atoms with Gasteiger partial charge in [0.25, 0.3) is 5.91 Å². The van der Waals surface area contributed by atoms with Crippen molar-refractivity contribution in [3.8, 4) is 0 Å². The Hall–Kier alpha value is -3.53. The van der Waals surface area contributed by atoms with Crippen molar-refractivity contribution in [2.75, 3.05) is 18.0 Å². The molecule has 1 atom stereocenters. The summed E-state index contributed by atoms with van der Waals surface area (Å²) in [5.41, 5.74) is -1.16. The summed E-state index contributed by atoms with van der Waals surface area (Å²) in [4.78, 5) is 41.3. The van der Waals surface area contributed by atoms with Gasteiger partial charge in [0.15, 0.2) is 11.5 Å². The Kier molecular flexibility index (Phi) is 7.33. The number of benzene rings is 2. The summed E-state index contributed by atoms with van der Waals surface area (Å²) < 4.78 is 44.6. The molecule has 2 heterocycles. The Bertz CT molecular complexity index is 1380. The molecule has 1 aromatic heterocycles. The maximum absolute atomic E-state index is 13.6. The van der Waals surface area contributed by atoms with Crippen molar-refractivity contribution >= 4 is 45.9 Å². The highest BCUT2D eigenvalue weighted by molar-refractivity contribution is 6.33. The van der Waals surface area contributed by atoms with E-state index in [2.05, 4.69) is 10.6 Å². The van der Waals surface area contributed by atoms with Gasteiger partial charge in [-0.15, -0.1) is 0 Å². The van der Waals surface area contributed by atoms with Crippen molar-refractivity contribution in [1.29, 1.82) is 0 Å². The molecular weight excluding hydrogens is 535 g/mol. The Balaban J connectivity index is 1.27. The molecule has 1 saturated heterocycles. The maximum atomic E-state index is 13.6. The number of hydrogen-bond donors (Lipinski definition) is 2. The molecule has 206 valence electrons. The van der Waals surface area contributed by atoms with Crippen molar-refractivity contribution in [3.63, 3.8) is 0 Å². The van der Waals surface area contributed by atoms with Crippen LogP contribution in [0.1, 0.15) is 54.6 Å². The minimum Gasteiger partial charge on any atom is -0.451 e. The number of piperidine rings is 1. The third-order valence-electron chi connectivity index (χ3n) is 7.49. The first kappa shape index (κ1) is 27.1. The normalized spacial score (nSPS) is 19.6. The van der Waals surface area contributed by atoms with E-state index in [-0.39, 0.29) is 29.5 Å². The van der Waals surface area contributed by atoms with Crippen LogP contribution in [0.15, 0.2) is 52.9 Å². The fraction of sp³-hybridized carbons (Fsp3) is 0.393. The van der Waals surface area contributed by atoms with E-state index >= 15 is 0 Å². The number of nitrogens with one attached hydrogen (secondary N) is 2. The lowest BCUT2D eigenvalue weighted by molar-refractivity contribution is -0.137. The molecule has 1 saturated carbocycles. The van der Waals surface area contributed by atoms with E-state index in [0.717, 1.165) is 36.8 Å². The van der Waals surface area contributed by atoms with Crippen LogP contribution in [0, 0.1) is 0 Å². The van der Waals surface area contributed by atoms with Crippen molar-refractivity contribution in [2.45, 2.75) is 56.3 Å². The van der Waals surface area contributed by atoms with Gasteiger partial charge in [0.2, 0.25) is 5.91 Å². The smallest absolute Gasteiger partial charge is 0.416 e. The molecule has 0 spiro atoms. The second-order valence-corrected chi connectivity index (χ2v) is 10.5. The number of hydrogen-bond acceptors (Lipinski definition) is 5. The summed E-state index contributed by atoms with van der Waals surface area (Å²) in [5, 5.41) is 6.40. The summed E-state index contributed by atoms with van der Waals surface area (Å²) in [6, 6.07) is 11.1. The Morgan fingerprint density at radius 3 is 2.46 bits per heavy atom. The van der Waals surface area contributed by atoms with E-state index < -0.39 is 35.1 Å². The largest absolute Gasteiger partial charge is 0.451 e. The molecule has 39 heavy (non-hydrogen) atoms. The number of Topliss-reactive ketones (excluding diaryl/α,β-unsaturated/α-hetero) is 1. The number of amides is 2. The van der Waals surface area contributed by atoms with Crippen LogP contribution in [0.3, 0.4) is 0 Å². The lowest BCUT2D eigenvalue weighted by Gasteiger charge is -2.39. The topological polar surface area (TPSA) is 91.7 Å². The SMILES string of the molecule is O=C(NC1(C(=O)NC2CCN(c3ccc(C(F)(F)F)cc3Cl)CC2=O)CCCCC1)c1cc2ccccc2o1. The average Bonchev–Trinajstić information content (AvgIpc) is 3.34. The molecule has 5 rings (SSSR count). The molecule has 7 nitrogen and oxygen atoms in total. The molecule has 2 fully saturated rings. The number of fused-ring (bicyclic) bond motifs is 1. The first-order valence-electron chi connectivity index (χ1n) is 12.8. The molecule has 2 aliphatic rings. The van der Waals surface area contributed by atoms with Crippen molar-refractivity contribution in [2.24, 2.45) is 0 Å². The van der Waals surface area contributed by atoms with Gasteiger partial charge in [-0.3, -0.25) is 14.4 Å². The van der Waals surface area contributed by atoms with Crippen LogP contribution < -0.4 is 15.5 Å². The van der Waals surface area contributed by atoms with E-state index in [0.29, 0.717) is 30.7 Å². The highest BCUT2D eigenvalue weighted by atomic mass is 35.5. The number of para-hydroxylation sites is 1. The Morgan fingerprint density at radius 2 is 1.79 bits per heavy atom. The molecule has 2 N–H and O–H groups in total. The lowest BCUT2D eigenvalue weighted by atomic mass is 9.80. The van der Waals surface area contributed by atoms with Gasteiger partial charge in [-0.2, -0.15) is 13.2 Å². The lowest BCUT2D eigenvalue weighted by Crippen LogP contribution is -2.63. The van der Waals surface area contributed by atoms with E-state index in [1.54, 1.807) is 23.1 Å². The van der Waals surface area contributed by atoms with E-state index in [1.807, 2.05) is 12.1 Å². The first-order valence-corrected chi connectivity index (χ1v) is 13.2.